The van der Waals surface area contributed by atoms with E-state index in [0.29, 0.717) is 13.2 Å². The molecule has 0 aromatic heterocycles. The lowest BCUT2D eigenvalue weighted by Gasteiger charge is -2.07. The fourth-order valence-electron chi connectivity index (χ4n) is 1.15. The molecule has 0 aliphatic carbocycles. The van der Waals surface area contributed by atoms with Crippen LogP contribution in [0.25, 0.3) is 0 Å². The van der Waals surface area contributed by atoms with Crippen LogP contribution in [0.1, 0.15) is 12.8 Å². The first-order valence-corrected chi connectivity index (χ1v) is 5.44. The molecule has 0 bridgehead atoms. The molecular formula is C14H18O2. The van der Waals surface area contributed by atoms with Crippen molar-refractivity contribution in [2.24, 2.45) is 0 Å². The Kier molecular flexibility index (Phi) is 5.86. The van der Waals surface area contributed by atoms with Crippen LogP contribution in [0, 0.1) is 0 Å². The van der Waals surface area contributed by atoms with E-state index in [-0.39, 0.29) is 0 Å². The van der Waals surface area contributed by atoms with Crippen LogP contribution in [0.4, 0.5) is 0 Å². The van der Waals surface area contributed by atoms with Gasteiger partial charge in [0, 0.05) is 0 Å². The van der Waals surface area contributed by atoms with E-state index in [0.717, 1.165) is 24.3 Å². The zero-order valence-electron chi connectivity index (χ0n) is 9.52. The number of hydrogen-bond acceptors (Lipinski definition) is 2. The SMILES string of the molecule is C=CCCOc1ccc(OCCC=C)cc1. The van der Waals surface area contributed by atoms with E-state index in [1.54, 1.807) is 0 Å². The van der Waals surface area contributed by atoms with E-state index >= 15 is 0 Å². The van der Waals surface area contributed by atoms with Gasteiger partial charge in [-0.15, -0.1) is 13.2 Å². The minimum Gasteiger partial charge on any atom is -0.493 e. The fraction of sp³-hybridized carbons (Fsp3) is 0.286. The van der Waals surface area contributed by atoms with Gasteiger partial charge in [-0.2, -0.15) is 0 Å². The highest BCUT2D eigenvalue weighted by Crippen LogP contribution is 2.17. The second-order valence-corrected chi connectivity index (χ2v) is 3.32. The fourth-order valence-corrected chi connectivity index (χ4v) is 1.15. The monoisotopic (exact) mass is 218 g/mol. The number of ether oxygens (including phenoxy) is 2. The first-order valence-electron chi connectivity index (χ1n) is 5.44. The lowest BCUT2D eigenvalue weighted by atomic mass is 10.3. The van der Waals surface area contributed by atoms with Crippen molar-refractivity contribution in [2.75, 3.05) is 13.2 Å². The zero-order valence-corrected chi connectivity index (χ0v) is 9.52. The third-order valence-corrected chi connectivity index (χ3v) is 2.01. The molecule has 0 radical (unpaired) electrons. The molecule has 0 fully saturated rings. The summed E-state index contributed by atoms with van der Waals surface area (Å²) in [7, 11) is 0. The molecule has 0 N–H and O–H groups in total. The molecule has 0 unspecified atom stereocenters. The van der Waals surface area contributed by atoms with Crippen molar-refractivity contribution in [2.45, 2.75) is 12.8 Å². The van der Waals surface area contributed by atoms with Gasteiger partial charge in [0.25, 0.3) is 0 Å². The number of rotatable bonds is 8. The van der Waals surface area contributed by atoms with Gasteiger partial charge >= 0.3 is 0 Å². The molecule has 0 saturated carbocycles. The molecule has 2 heteroatoms. The van der Waals surface area contributed by atoms with Crippen LogP contribution >= 0.6 is 0 Å². The van der Waals surface area contributed by atoms with Crippen molar-refractivity contribution in [3.05, 3.63) is 49.6 Å². The van der Waals surface area contributed by atoms with E-state index in [4.69, 9.17) is 9.47 Å². The average Bonchev–Trinajstić information content (AvgIpc) is 2.32. The first-order chi connectivity index (χ1) is 7.86. The largest absolute Gasteiger partial charge is 0.493 e. The summed E-state index contributed by atoms with van der Waals surface area (Å²) in [4.78, 5) is 0. The minimum atomic E-state index is 0.667. The molecule has 86 valence electrons. The highest BCUT2D eigenvalue weighted by atomic mass is 16.5. The first kappa shape index (κ1) is 12.4. The van der Waals surface area contributed by atoms with Crippen molar-refractivity contribution < 1.29 is 9.47 Å². The Morgan fingerprint density at radius 1 is 0.812 bits per heavy atom. The third-order valence-electron chi connectivity index (χ3n) is 2.01. The van der Waals surface area contributed by atoms with Crippen molar-refractivity contribution in [1.29, 1.82) is 0 Å². The predicted octanol–water partition coefficient (Wildman–Crippen LogP) is 3.60. The Morgan fingerprint density at radius 2 is 1.19 bits per heavy atom. The highest BCUT2D eigenvalue weighted by molar-refractivity contribution is 5.31. The van der Waals surface area contributed by atoms with E-state index in [1.165, 1.54) is 0 Å². The molecule has 0 aliphatic rings. The predicted molar refractivity (Wildman–Crippen MR) is 67.1 cm³/mol. The molecule has 0 heterocycles. The van der Waals surface area contributed by atoms with Crippen molar-refractivity contribution in [3.8, 4) is 11.5 Å². The van der Waals surface area contributed by atoms with Crippen molar-refractivity contribution in [1.82, 2.24) is 0 Å². The topological polar surface area (TPSA) is 18.5 Å². The Morgan fingerprint density at radius 3 is 1.50 bits per heavy atom. The second kappa shape index (κ2) is 7.57. The van der Waals surface area contributed by atoms with Gasteiger partial charge in [-0.25, -0.2) is 0 Å². The van der Waals surface area contributed by atoms with E-state index < -0.39 is 0 Å². The van der Waals surface area contributed by atoms with Gasteiger partial charge in [-0.1, -0.05) is 12.2 Å². The molecule has 0 atom stereocenters. The molecule has 1 aromatic carbocycles. The normalized spacial score (nSPS) is 9.50. The quantitative estimate of drug-likeness (QED) is 0.490. The molecule has 0 saturated heterocycles. The van der Waals surface area contributed by atoms with Gasteiger partial charge < -0.3 is 9.47 Å². The smallest absolute Gasteiger partial charge is 0.119 e. The maximum Gasteiger partial charge on any atom is 0.119 e. The lowest BCUT2D eigenvalue weighted by Crippen LogP contribution is -1.97. The molecule has 16 heavy (non-hydrogen) atoms. The summed E-state index contributed by atoms with van der Waals surface area (Å²) in [6, 6.07) is 7.64. The Balaban J connectivity index is 2.35. The van der Waals surface area contributed by atoms with E-state index in [2.05, 4.69) is 13.2 Å². The molecule has 0 aliphatic heterocycles. The summed E-state index contributed by atoms with van der Waals surface area (Å²) in [6.45, 7) is 8.61. The summed E-state index contributed by atoms with van der Waals surface area (Å²) >= 11 is 0. The summed E-state index contributed by atoms with van der Waals surface area (Å²) in [5.74, 6) is 1.72. The van der Waals surface area contributed by atoms with Gasteiger partial charge in [0.1, 0.15) is 11.5 Å². The molecule has 2 nitrogen and oxygen atoms in total. The van der Waals surface area contributed by atoms with Crippen LogP contribution in [0.3, 0.4) is 0 Å². The van der Waals surface area contributed by atoms with E-state index in [9.17, 15) is 0 Å². The van der Waals surface area contributed by atoms with Gasteiger partial charge in [-0.05, 0) is 37.1 Å². The van der Waals surface area contributed by atoms with Gasteiger partial charge in [0.2, 0.25) is 0 Å². The standard InChI is InChI=1S/C14H18O2/c1-3-5-11-15-13-7-9-14(10-8-13)16-12-6-4-2/h3-4,7-10H,1-2,5-6,11-12H2. The molecule has 1 aromatic rings. The molecular weight excluding hydrogens is 200 g/mol. The Hall–Kier alpha value is -1.70. The molecule has 0 amide bonds. The van der Waals surface area contributed by atoms with Crippen LogP contribution < -0.4 is 9.47 Å². The molecule has 0 spiro atoms. The maximum atomic E-state index is 5.48. The Labute approximate surface area is 97.2 Å². The molecule has 1 rings (SSSR count). The van der Waals surface area contributed by atoms with Gasteiger partial charge in [-0.3, -0.25) is 0 Å². The van der Waals surface area contributed by atoms with Crippen molar-refractivity contribution in [3.63, 3.8) is 0 Å². The van der Waals surface area contributed by atoms with Crippen molar-refractivity contribution >= 4 is 0 Å². The number of hydrogen-bond donors (Lipinski definition) is 0. The average molecular weight is 218 g/mol. The van der Waals surface area contributed by atoms with Crippen LogP contribution in [0.5, 0.6) is 11.5 Å². The van der Waals surface area contributed by atoms with Crippen LogP contribution in [0.2, 0.25) is 0 Å². The van der Waals surface area contributed by atoms with Crippen LogP contribution in [-0.4, -0.2) is 13.2 Å². The van der Waals surface area contributed by atoms with Crippen LogP contribution in [-0.2, 0) is 0 Å². The summed E-state index contributed by atoms with van der Waals surface area (Å²) in [5.41, 5.74) is 0. The highest BCUT2D eigenvalue weighted by Gasteiger charge is 1.95. The zero-order chi connectivity index (χ0) is 11.6. The second-order valence-electron chi connectivity index (χ2n) is 3.32. The van der Waals surface area contributed by atoms with Gasteiger partial charge in [0.15, 0.2) is 0 Å². The minimum absolute atomic E-state index is 0.667. The summed E-state index contributed by atoms with van der Waals surface area (Å²) < 4.78 is 11.0. The van der Waals surface area contributed by atoms with Crippen LogP contribution in [0.15, 0.2) is 49.6 Å². The summed E-state index contributed by atoms with van der Waals surface area (Å²) in [6.07, 6.45) is 5.40. The third kappa shape index (κ3) is 4.69. The summed E-state index contributed by atoms with van der Waals surface area (Å²) in [5, 5.41) is 0. The van der Waals surface area contributed by atoms with Gasteiger partial charge in [0.05, 0.1) is 13.2 Å². The maximum absolute atomic E-state index is 5.48. The number of benzene rings is 1. The van der Waals surface area contributed by atoms with E-state index in [1.807, 2.05) is 36.4 Å². The lowest BCUT2D eigenvalue weighted by molar-refractivity contribution is 0.316. The Bertz CT molecular complexity index is 281.